The summed E-state index contributed by atoms with van der Waals surface area (Å²) >= 11 is 0. The second-order valence-electron chi connectivity index (χ2n) is 19.6. The smallest absolute Gasteiger partial charge is 0.198 e. The van der Waals surface area contributed by atoms with E-state index >= 15 is 0 Å². The molecule has 0 saturated carbocycles. The molecule has 0 saturated heterocycles. The number of rotatable bonds is 4. The normalized spacial score (nSPS) is 16.4. The first kappa shape index (κ1) is 38.7. The molecule has 0 aromatic heterocycles. The van der Waals surface area contributed by atoms with Gasteiger partial charge in [-0.1, -0.05) is 154 Å². The summed E-state index contributed by atoms with van der Waals surface area (Å²) < 4.78 is 13.2. The van der Waals surface area contributed by atoms with Crippen molar-refractivity contribution in [3.05, 3.63) is 208 Å². The van der Waals surface area contributed by atoms with Gasteiger partial charge in [-0.05, 0) is 129 Å². The number of aryl methyl sites for hydroxylation is 2. The Kier molecular flexibility index (Phi) is 8.47. The maximum Gasteiger partial charge on any atom is 0.198 e. The number of hydrogen-bond donors (Lipinski definition) is 1. The Labute approximate surface area is 377 Å². The van der Waals surface area contributed by atoms with Crippen molar-refractivity contribution >= 4 is 46.6 Å². The van der Waals surface area contributed by atoms with E-state index in [-0.39, 0.29) is 10.8 Å². The van der Waals surface area contributed by atoms with Gasteiger partial charge in [-0.15, -0.1) is 0 Å². The molecule has 4 aliphatic rings. The molecule has 311 valence electrons. The highest BCUT2D eigenvalue weighted by molar-refractivity contribution is 6.73. The molecule has 8 aromatic carbocycles. The molecule has 4 nitrogen and oxygen atoms in total. The van der Waals surface area contributed by atoms with Crippen LogP contribution in [0.4, 0.5) is 28.4 Å². The van der Waals surface area contributed by atoms with E-state index in [1.54, 1.807) is 0 Å². The summed E-state index contributed by atoms with van der Waals surface area (Å²) in [6.45, 7) is 14.2. The van der Waals surface area contributed by atoms with Crippen molar-refractivity contribution < 1.29 is 9.47 Å². The van der Waals surface area contributed by atoms with Crippen LogP contribution in [0.1, 0.15) is 85.0 Å². The minimum Gasteiger partial charge on any atom is -0.450 e. The lowest BCUT2D eigenvalue weighted by atomic mass is 9.57. The lowest BCUT2D eigenvalue weighted by molar-refractivity contribution is 0.332. The Morgan fingerprint density at radius 3 is 1.78 bits per heavy atom. The second kappa shape index (κ2) is 14.0. The molecule has 0 atom stereocenters. The van der Waals surface area contributed by atoms with Gasteiger partial charge in [-0.2, -0.15) is 0 Å². The molecule has 0 fully saturated rings. The van der Waals surface area contributed by atoms with Crippen LogP contribution >= 0.6 is 0 Å². The summed E-state index contributed by atoms with van der Waals surface area (Å²) in [6, 6.07) is 59.8. The van der Waals surface area contributed by atoms with E-state index in [0.717, 1.165) is 57.2 Å². The number of para-hydroxylation sites is 4. The summed E-state index contributed by atoms with van der Waals surface area (Å²) in [6.07, 6.45) is 2.31. The third kappa shape index (κ3) is 5.69. The standard InChI is InChI=1S/C59H50BN2O2/c1-36-30-41(40-22-17-24-43-56(40)61-47-25-14-13-23-42(47)59(43,38-18-9-7-10-19-38)39-20-11-8-12-21-39)55-50(31-36)62(48-33-45-44(32-37(48)2)57(3,4)28-29-58(45,5)6)49-35-54-53(34-46(49)60-55)63-51-26-15-16-27-52(51)64-54/h7-27,30-35,61H,28-29H2,1-6H3. The van der Waals surface area contributed by atoms with Gasteiger partial charge in [0.15, 0.2) is 30.3 Å². The van der Waals surface area contributed by atoms with Crippen molar-refractivity contribution in [2.24, 2.45) is 0 Å². The molecule has 0 bridgehead atoms. The Balaban J connectivity index is 1.12. The lowest BCUT2D eigenvalue weighted by Gasteiger charge is -2.44. The highest BCUT2D eigenvalue weighted by Gasteiger charge is 2.45. The first-order valence-corrected chi connectivity index (χ1v) is 22.7. The molecule has 3 aliphatic heterocycles. The van der Waals surface area contributed by atoms with Gasteiger partial charge in [0, 0.05) is 34.4 Å². The van der Waals surface area contributed by atoms with Gasteiger partial charge in [-0.3, -0.25) is 0 Å². The number of nitrogens with zero attached hydrogens (tertiary/aromatic N) is 1. The number of fused-ring (bicyclic) bond motifs is 7. The number of benzene rings is 8. The third-order valence-corrected chi connectivity index (χ3v) is 14.6. The molecule has 1 aliphatic carbocycles. The average molecular weight is 830 g/mol. The molecule has 64 heavy (non-hydrogen) atoms. The van der Waals surface area contributed by atoms with Gasteiger partial charge < -0.3 is 19.7 Å². The number of hydrogen-bond acceptors (Lipinski definition) is 4. The average Bonchev–Trinajstić information content (AvgIpc) is 3.30. The minimum atomic E-state index is -0.574. The number of anilines is 5. The zero-order valence-corrected chi connectivity index (χ0v) is 37.3. The van der Waals surface area contributed by atoms with E-state index in [9.17, 15) is 0 Å². The van der Waals surface area contributed by atoms with Crippen molar-refractivity contribution in [3.8, 4) is 34.1 Å². The third-order valence-electron chi connectivity index (χ3n) is 14.6. The van der Waals surface area contributed by atoms with Crippen LogP contribution in [-0.2, 0) is 16.2 Å². The lowest BCUT2D eigenvalue weighted by Crippen LogP contribution is -2.42. The van der Waals surface area contributed by atoms with Gasteiger partial charge in [0.25, 0.3) is 0 Å². The van der Waals surface area contributed by atoms with Crippen LogP contribution in [-0.4, -0.2) is 7.28 Å². The van der Waals surface area contributed by atoms with E-state index < -0.39 is 5.41 Å². The molecule has 0 spiro atoms. The molecule has 1 N–H and O–H groups in total. The monoisotopic (exact) mass is 829 g/mol. The number of nitrogens with one attached hydrogen (secondary N) is 1. The van der Waals surface area contributed by atoms with Gasteiger partial charge in [-0.25, -0.2) is 0 Å². The van der Waals surface area contributed by atoms with Crippen LogP contribution in [0.2, 0.25) is 0 Å². The fourth-order valence-corrected chi connectivity index (χ4v) is 11.3. The van der Waals surface area contributed by atoms with Gasteiger partial charge in [0.2, 0.25) is 0 Å². The van der Waals surface area contributed by atoms with E-state index in [4.69, 9.17) is 9.47 Å². The van der Waals surface area contributed by atoms with Crippen molar-refractivity contribution in [1.29, 1.82) is 0 Å². The largest absolute Gasteiger partial charge is 0.450 e. The van der Waals surface area contributed by atoms with Crippen molar-refractivity contribution in [2.75, 3.05) is 10.2 Å². The number of ether oxygens (including phenoxy) is 2. The van der Waals surface area contributed by atoms with Gasteiger partial charge in [0.1, 0.15) is 0 Å². The predicted octanol–water partition coefficient (Wildman–Crippen LogP) is 14.1. The molecule has 0 amide bonds. The topological polar surface area (TPSA) is 33.7 Å². The maximum atomic E-state index is 6.62. The molecule has 12 rings (SSSR count). The van der Waals surface area contributed by atoms with Gasteiger partial charge in [0.05, 0.1) is 11.1 Å². The summed E-state index contributed by atoms with van der Waals surface area (Å²) in [7, 11) is 2.37. The summed E-state index contributed by atoms with van der Waals surface area (Å²) in [5.74, 6) is 2.86. The van der Waals surface area contributed by atoms with Crippen LogP contribution in [0.3, 0.4) is 0 Å². The quantitative estimate of drug-likeness (QED) is 0.179. The molecule has 1 radical (unpaired) electrons. The van der Waals surface area contributed by atoms with E-state index in [1.165, 1.54) is 62.2 Å². The Morgan fingerprint density at radius 2 is 1.09 bits per heavy atom. The van der Waals surface area contributed by atoms with E-state index in [2.05, 4.69) is 199 Å². The maximum absolute atomic E-state index is 6.62. The molecule has 3 heterocycles. The highest BCUT2D eigenvalue weighted by Crippen LogP contribution is 2.57. The van der Waals surface area contributed by atoms with Crippen molar-refractivity contribution in [1.82, 2.24) is 0 Å². The fraction of sp³-hybridized carbons (Fsp3) is 0.186. The summed E-state index contributed by atoms with van der Waals surface area (Å²) in [4.78, 5) is 2.51. The van der Waals surface area contributed by atoms with E-state index in [1.807, 2.05) is 24.3 Å². The fourth-order valence-electron chi connectivity index (χ4n) is 11.3. The van der Waals surface area contributed by atoms with Gasteiger partial charge >= 0.3 is 0 Å². The minimum absolute atomic E-state index is 0.0320. The van der Waals surface area contributed by atoms with Crippen molar-refractivity contribution in [2.45, 2.75) is 70.6 Å². The molecular formula is C59H50BN2O2. The SMILES string of the molecule is Cc1cc(-c2cccc3c2Nc2ccccc2C3(c2ccccc2)c2ccccc2)c2c(c1)N(c1cc3c(cc1C)C(C)(C)CCC3(C)C)c1cc3c(cc1[B]2)Oc1ccccc1O3. The molecule has 5 heteroatoms. The summed E-state index contributed by atoms with van der Waals surface area (Å²) in [5.41, 5.74) is 19.9. The zero-order valence-electron chi connectivity index (χ0n) is 37.3. The second-order valence-corrected chi connectivity index (χ2v) is 19.6. The summed E-state index contributed by atoms with van der Waals surface area (Å²) in [5, 5.41) is 4.04. The predicted molar refractivity (Wildman–Crippen MR) is 265 cm³/mol. The molecule has 0 unspecified atom stereocenters. The van der Waals surface area contributed by atoms with Crippen molar-refractivity contribution in [3.63, 3.8) is 0 Å². The van der Waals surface area contributed by atoms with Crippen LogP contribution in [0.15, 0.2) is 164 Å². The highest BCUT2D eigenvalue weighted by atomic mass is 16.6. The first-order valence-electron chi connectivity index (χ1n) is 22.7. The Bertz CT molecular complexity index is 3170. The van der Waals surface area contributed by atoms with Crippen LogP contribution < -0.4 is 30.6 Å². The van der Waals surface area contributed by atoms with Crippen LogP contribution in [0.25, 0.3) is 11.1 Å². The Morgan fingerprint density at radius 1 is 0.500 bits per heavy atom. The Hall–Kier alpha value is -6.98. The van der Waals surface area contributed by atoms with E-state index in [0.29, 0.717) is 11.5 Å². The molecule has 8 aromatic rings. The van der Waals surface area contributed by atoms with Crippen LogP contribution in [0, 0.1) is 13.8 Å². The zero-order chi connectivity index (χ0) is 43.5. The molecular weight excluding hydrogens is 779 g/mol. The van der Waals surface area contributed by atoms with Crippen LogP contribution in [0.5, 0.6) is 23.0 Å². The first-order chi connectivity index (χ1) is 31.0.